The second-order valence-corrected chi connectivity index (χ2v) is 4.84. The molecule has 1 amide bonds. The first-order valence-corrected chi connectivity index (χ1v) is 7.13. The van der Waals surface area contributed by atoms with Crippen molar-refractivity contribution in [2.45, 2.75) is 13.1 Å². The lowest BCUT2D eigenvalue weighted by Crippen LogP contribution is -2.38. The van der Waals surface area contributed by atoms with Gasteiger partial charge in [-0.1, -0.05) is 12.1 Å². The molecule has 0 radical (unpaired) electrons. The van der Waals surface area contributed by atoms with E-state index in [2.05, 4.69) is 20.2 Å². The van der Waals surface area contributed by atoms with E-state index in [1.165, 1.54) is 0 Å². The molecule has 0 saturated carbocycles. The number of nitrogens with zero attached hydrogens (tertiary/aromatic N) is 2. The van der Waals surface area contributed by atoms with Crippen LogP contribution in [0, 0.1) is 0 Å². The van der Waals surface area contributed by atoms with E-state index in [1.807, 2.05) is 36.7 Å². The highest BCUT2D eigenvalue weighted by Gasteiger charge is 2.02. The summed E-state index contributed by atoms with van der Waals surface area (Å²) < 4.78 is 2.09. The van der Waals surface area contributed by atoms with Crippen LogP contribution in [0.5, 0.6) is 0 Å². The number of benzene rings is 1. The van der Waals surface area contributed by atoms with Crippen molar-refractivity contribution >= 4 is 35.8 Å². The number of hydrogen-bond donors (Lipinski definition) is 3. The highest BCUT2D eigenvalue weighted by molar-refractivity contribution is 14.0. The fourth-order valence-corrected chi connectivity index (χ4v) is 2.06. The lowest BCUT2D eigenvalue weighted by molar-refractivity contribution is 0.1000. The molecule has 0 unspecified atom stereocenters. The number of hydrogen-bond acceptors (Lipinski definition) is 2. The Hall–Kier alpha value is -2.03. The van der Waals surface area contributed by atoms with Gasteiger partial charge in [0.2, 0.25) is 5.91 Å². The average Bonchev–Trinajstić information content (AvgIpc) is 3.04. The number of rotatable bonds is 6. The molecule has 2 aromatic rings. The van der Waals surface area contributed by atoms with E-state index in [9.17, 15) is 4.79 Å². The Morgan fingerprint density at radius 3 is 2.61 bits per heavy atom. The topological polar surface area (TPSA) is 84.4 Å². The molecule has 0 aliphatic heterocycles. The van der Waals surface area contributed by atoms with Gasteiger partial charge in [0.05, 0.1) is 0 Å². The first kappa shape index (κ1) is 19.0. The number of carbonyl (C=O) groups excluding carboxylic acids is 1. The summed E-state index contributed by atoms with van der Waals surface area (Å²) >= 11 is 0. The Bertz CT molecular complexity index is 640. The molecule has 0 aliphatic carbocycles. The quantitative estimate of drug-likeness (QED) is 0.372. The Morgan fingerprint density at radius 1 is 1.22 bits per heavy atom. The van der Waals surface area contributed by atoms with E-state index in [0.29, 0.717) is 12.1 Å². The van der Waals surface area contributed by atoms with Crippen molar-refractivity contribution < 1.29 is 4.79 Å². The molecule has 1 aromatic heterocycles. The molecular formula is C16H22IN5O. The number of nitrogens with one attached hydrogen (secondary N) is 2. The van der Waals surface area contributed by atoms with Crippen molar-refractivity contribution in [1.29, 1.82) is 0 Å². The number of primary amides is 1. The molecule has 0 atom stereocenters. The summed E-state index contributed by atoms with van der Waals surface area (Å²) in [5.41, 5.74) is 6.76. The van der Waals surface area contributed by atoms with Crippen LogP contribution in [0.3, 0.4) is 0 Å². The molecule has 2 rings (SSSR count). The predicted molar refractivity (Wildman–Crippen MR) is 103 cm³/mol. The third-order valence-corrected chi connectivity index (χ3v) is 3.22. The van der Waals surface area contributed by atoms with Gasteiger partial charge in [-0.3, -0.25) is 9.79 Å². The first-order chi connectivity index (χ1) is 10.7. The zero-order valence-corrected chi connectivity index (χ0v) is 15.4. The van der Waals surface area contributed by atoms with Gasteiger partial charge in [-0.05, 0) is 29.8 Å². The van der Waals surface area contributed by atoms with E-state index in [-0.39, 0.29) is 24.0 Å². The molecule has 23 heavy (non-hydrogen) atoms. The third kappa shape index (κ3) is 6.31. The standard InChI is InChI=1S/C16H21N5O.HI/c1-18-16(19-7-10-21-8-2-3-9-21)20-12-13-5-4-6-14(11-13)15(17)22;/h2-6,8-9,11H,7,10,12H2,1H3,(H2,17,22)(H2,18,19,20);1H. The molecular weight excluding hydrogens is 405 g/mol. The molecule has 0 fully saturated rings. The van der Waals surface area contributed by atoms with Crippen LogP contribution in [0.1, 0.15) is 15.9 Å². The van der Waals surface area contributed by atoms with Crippen LogP contribution < -0.4 is 16.4 Å². The van der Waals surface area contributed by atoms with Crippen LogP contribution in [0.4, 0.5) is 0 Å². The minimum atomic E-state index is -0.420. The van der Waals surface area contributed by atoms with Crippen LogP contribution in [0.2, 0.25) is 0 Å². The average molecular weight is 427 g/mol. The lowest BCUT2D eigenvalue weighted by Gasteiger charge is -2.12. The van der Waals surface area contributed by atoms with Gasteiger partial charge in [0.15, 0.2) is 5.96 Å². The van der Waals surface area contributed by atoms with Gasteiger partial charge in [-0.25, -0.2) is 0 Å². The van der Waals surface area contributed by atoms with Crippen LogP contribution in [0.15, 0.2) is 53.8 Å². The monoisotopic (exact) mass is 427 g/mol. The summed E-state index contributed by atoms with van der Waals surface area (Å²) in [4.78, 5) is 15.3. The molecule has 1 heterocycles. The van der Waals surface area contributed by atoms with E-state index < -0.39 is 5.91 Å². The maximum absolute atomic E-state index is 11.2. The number of nitrogens with two attached hydrogens (primary N) is 1. The molecule has 0 aliphatic rings. The minimum Gasteiger partial charge on any atom is -0.366 e. The van der Waals surface area contributed by atoms with Gasteiger partial charge < -0.3 is 20.9 Å². The van der Waals surface area contributed by atoms with E-state index in [1.54, 1.807) is 19.2 Å². The van der Waals surface area contributed by atoms with Gasteiger partial charge in [-0.2, -0.15) is 0 Å². The highest BCUT2D eigenvalue weighted by Crippen LogP contribution is 2.04. The van der Waals surface area contributed by atoms with Gasteiger partial charge >= 0.3 is 0 Å². The summed E-state index contributed by atoms with van der Waals surface area (Å²) in [7, 11) is 1.73. The summed E-state index contributed by atoms with van der Waals surface area (Å²) in [5, 5.41) is 6.45. The normalized spacial score (nSPS) is 10.7. The van der Waals surface area contributed by atoms with Gasteiger partial charge in [0, 0.05) is 44.6 Å². The largest absolute Gasteiger partial charge is 0.366 e. The van der Waals surface area contributed by atoms with Gasteiger partial charge in [0.1, 0.15) is 0 Å². The molecule has 124 valence electrons. The van der Waals surface area contributed by atoms with E-state index >= 15 is 0 Å². The Labute approximate surface area is 153 Å². The molecule has 4 N–H and O–H groups in total. The molecule has 1 aromatic carbocycles. The van der Waals surface area contributed by atoms with Crippen molar-refractivity contribution in [2.24, 2.45) is 10.7 Å². The molecule has 7 heteroatoms. The SMILES string of the molecule is CN=C(NCCn1cccc1)NCc1cccc(C(N)=O)c1.I. The summed E-state index contributed by atoms with van der Waals surface area (Å²) in [6.07, 6.45) is 4.04. The molecule has 6 nitrogen and oxygen atoms in total. The number of aliphatic imine (C=N–C) groups is 1. The van der Waals surface area contributed by atoms with Crippen molar-refractivity contribution in [3.8, 4) is 0 Å². The van der Waals surface area contributed by atoms with Crippen LogP contribution in [-0.4, -0.2) is 30.0 Å². The van der Waals surface area contributed by atoms with Crippen LogP contribution >= 0.6 is 24.0 Å². The first-order valence-electron chi connectivity index (χ1n) is 7.13. The maximum Gasteiger partial charge on any atom is 0.248 e. The van der Waals surface area contributed by atoms with Gasteiger partial charge in [-0.15, -0.1) is 24.0 Å². The summed E-state index contributed by atoms with van der Waals surface area (Å²) in [6.45, 7) is 2.21. The summed E-state index contributed by atoms with van der Waals surface area (Å²) in [6, 6.07) is 11.2. The number of amides is 1. The number of aromatic nitrogens is 1. The zero-order chi connectivity index (χ0) is 15.8. The Balaban J connectivity index is 0.00000264. The maximum atomic E-state index is 11.2. The van der Waals surface area contributed by atoms with Crippen molar-refractivity contribution in [3.63, 3.8) is 0 Å². The van der Waals surface area contributed by atoms with Crippen molar-refractivity contribution in [3.05, 3.63) is 59.9 Å². The summed E-state index contributed by atoms with van der Waals surface area (Å²) in [5.74, 6) is 0.299. The van der Waals surface area contributed by atoms with Crippen LogP contribution in [0.25, 0.3) is 0 Å². The second kappa shape index (κ2) is 9.88. The lowest BCUT2D eigenvalue weighted by atomic mass is 10.1. The highest BCUT2D eigenvalue weighted by atomic mass is 127. The van der Waals surface area contributed by atoms with Crippen molar-refractivity contribution in [2.75, 3.05) is 13.6 Å². The number of halogens is 1. The molecule has 0 bridgehead atoms. The number of guanidine groups is 1. The predicted octanol–water partition coefficient (Wildman–Crippen LogP) is 1.57. The van der Waals surface area contributed by atoms with E-state index in [0.717, 1.165) is 24.6 Å². The smallest absolute Gasteiger partial charge is 0.248 e. The third-order valence-electron chi connectivity index (χ3n) is 3.22. The second-order valence-electron chi connectivity index (χ2n) is 4.84. The fourth-order valence-electron chi connectivity index (χ4n) is 2.06. The van der Waals surface area contributed by atoms with Crippen LogP contribution in [-0.2, 0) is 13.1 Å². The Kier molecular flexibility index (Phi) is 8.17. The van der Waals surface area contributed by atoms with E-state index in [4.69, 9.17) is 5.73 Å². The molecule has 0 spiro atoms. The number of carbonyl (C=O) groups is 1. The minimum absolute atomic E-state index is 0. The molecule has 0 saturated heterocycles. The van der Waals surface area contributed by atoms with Crippen molar-refractivity contribution in [1.82, 2.24) is 15.2 Å². The Morgan fingerprint density at radius 2 is 1.96 bits per heavy atom. The van der Waals surface area contributed by atoms with Gasteiger partial charge in [0.25, 0.3) is 0 Å². The zero-order valence-electron chi connectivity index (χ0n) is 13.0. The fraction of sp³-hybridized carbons (Fsp3) is 0.250.